The van der Waals surface area contributed by atoms with Crippen LogP contribution in [0.5, 0.6) is 0 Å². The summed E-state index contributed by atoms with van der Waals surface area (Å²) in [5.41, 5.74) is 0. The summed E-state index contributed by atoms with van der Waals surface area (Å²) in [6, 6.07) is 0. The predicted molar refractivity (Wildman–Crippen MR) is 175 cm³/mol. The SMILES string of the molecule is CCCCCCCCCCCCN1C=CN(CCN2C=CN(O[C@@H]3O[C@H](COC(C)=O)[C@@H](OC(C)=O)[C@H](OC(C)=O)[C@H]3OC(C)=O)C2)C1. The van der Waals surface area contributed by atoms with E-state index in [0.29, 0.717) is 6.67 Å². The molecule has 3 aliphatic heterocycles. The van der Waals surface area contributed by atoms with Crippen LogP contribution in [0, 0.1) is 0 Å². The van der Waals surface area contributed by atoms with Gasteiger partial charge < -0.3 is 38.4 Å². The number of esters is 4. The van der Waals surface area contributed by atoms with Gasteiger partial charge in [-0.1, -0.05) is 64.7 Å². The average molecular weight is 681 g/mol. The minimum Gasteiger partial charge on any atom is -0.463 e. The van der Waals surface area contributed by atoms with Crippen LogP contribution in [-0.2, 0) is 47.7 Å². The standard InChI is InChI=1S/C34H56N4O10/c1-6-7-8-9-10-11-12-13-14-15-16-35-17-18-36(24-35)19-20-37-21-22-38(25-37)48-34-33(46-29(5)42)32(45-28(4)41)31(44-27(3)40)30(47-34)23-43-26(2)39/h17-18,21-22,30-34H,6-16,19-20,23-25H2,1-5H3/t30-,31-,32+,33-,34+/m1/s1. The summed E-state index contributed by atoms with van der Waals surface area (Å²) in [6.45, 7) is 10.5. The van der Waals surface area contributed by atoms with Gasteiger partial charge in [-0.2, -0.15) is 0 Å². The monoisotopic (exact) mass is 680 g/mol. The molecule has 0 amide bonds. The molecule has 0 bridgehead atoms. The molecule has 1 fully saturated rings. The van der Waals surface area contributed by atoms with Crippen molar-refractivity contribution in [1.82, 2.24) is 19.8 Å². The van der Waals surface area contributed by atoms with Gasteiger partial charge in [-0.05, 0) is 6.42 Å². The van der Waals surface area contributed by atoms with Gasteiger partial charge in [0.15, 0.2) is 18.3 Å². The molecule has 0 aromatic carbocycles. The predicted octanol–water partition coefficient (Wildman–Crippen LogP) is 4.01. The van der Waals surface area contributed by atoms with E-state index < -0.39 is 54.6 Å². The molecule has 3 heterocycles. The number of hydrogen-bond donors (Lipinski definition) is 0. The zero-order valence-electron chi connectivity index (χ0n) is 29.4. The summed E-state index contributed by atoms with van der Waals surface area (Å²) < 4.78 is 27.6. The van der Waals surface area contributed by atoms with Gasteiger partial charge in [0.1, 0.15) is 19.4 Å². The lowest BCUT2D eigenvalue weighted by atomic mass is 9.98. The molecule has 0 spiro atoms. The highest BCUT2D eigenvalue weighted by molar-refractivity contribution is 5.68. The van der Waals surface area contributed by atoms with Gasteiger partial charge in [0.05, 0.1) is 6.67 Å². The van der Waals surface area contributed by atoms with Crippen LogP contribution >= 0.6 is 0 Å². The molecule has 14 heteroatoms. The van der Waals surface area contributed by atoms with Gasteiger partial charge in [-0.15, -0.1) is 0 Å². The van der Waals surface area contributed by atoms with E-state index in [9.17, 15) is 19.2 Å². The van der Waals surface area contributed by atoms with Crippen LogP contribution < -0.4 is 0 Å². The van der Waals surface area contributed by atoms with Crippen LogP contribution in [0.1, 0.15) is 98.8 Å². The third-order valence-electron chi connectivity index (χ3n) is 8.28. The molecule has 14 nitrogen and oxygen atoms in total. The molecule has 0 aromatic heterocycles. The second kappa shape index (κ2) is 20.8. The number of unbranched alkanes of at least 4 members (excludes halogenated alkanes) is 9. The highest BCUT2D eigenvalue weighted by Gasteiger charge is 2.53. The Bertz CT molecular complexity index is 1090. The Labute approximate surface area is 285 Å². The maximum atomic E-state index is 12.1. The van der Waals surface area contributed by atoms with Crippen LogP contribution in [0.25, 0.3) is 0 Å². The van der Waals surface area contributed by atoms with Crippen molar-refractivity contribution in [2.24, 2.45) is 0 Å². The molecule has 0 N–H and O–H groups in total. The van der Waals surface area contributed by atoms with E-state index in [2.05, 4.69) is 34.0 Å². The zero-order valence-corrected chi connectivity index (χ0v) is 29.4. The van der Waals surface area contributed by atoms with Crippen LogP contribution in [-0.4, -0.2) is 114 Å². The number of carbonyl (C=O) groups excluding carboxylic acids is 4. The Hall–Kier alpha value is -3.52. The van der Waals surface area contributed by atoms with Crippen LogP contribution in [0.15, 0.2) is 24.8 Å². The maximum absolute atomic E-state index is 12.1. The van der Waals surface area contributed by atoms with Gasteiger partial charge in [0.2, 0.25) is 6.29 Å². The Morgan fingerprint density at radius 3 is 1.69 bits per heavy atom. The minimum atomic E-state index is -1.29. The van der Waals surface area contributed by atoms with Crippen molar-refractivity contribution < 1.29 is 47.7 Å². The van der Waals surface area contributed by atoms with Crippen molar-refractivity contribution >= 4 is 23.9 Å². The van der Waals surface area contributed by atoms with Crippen molar-refractivity contribution in [1.29, 1.82) is 0 Å². The van der Waals surface area contributed by atoms with E-state index in [1.807, 2.05) is 6.20 Å². The fourth-order valence-electron chi connectivity index (χ4n) is 5.93. The maximum Gasteiger partial charge on any atom is 0.303 e. The van der Waals surface area contributed by atoms with Crippen LogP contribution in [0.2, 0.25) is 0 Å². The van der Waals surface area contributed by atoms with Gasteiger partial charge >= 0.3 is 23.9 Å². The third-order valence-corrected chi connectivity index (χ3v) is 8.28. The second-order valence-electron chi connectivity index (χ2n) is 12.6. The molecule has 272 valence electrons. The summed E-state index contributed by atoms with van der Waals surface area (Å²) >= 11 is 0. The first-order valence-corrected chi connectivity index (χ1v) is 17.4. The summed E-state index contributed by atoms with van der Waals surface area (Å²) in [6.07, 6.45) is 15.0. The van der Waals surface area contributed by atoms with E-state index >= 15 is 0 Å². The van der Waals surface area contributed by atoms with Gasteiger partial charge in [0.25, 0.3) is 0 Å². The molecule has 3 rings (SSSR count). The number of ether oxygens (including phenoxy) is 5. The Kier molecular flexibility index (Phi) is 16.8. The summed E-state index contributed by atoms with van der Waals surface area (Å²) in [5.74, 6) is -2.67. The summed E-state index contributed by atoms with van der Waals surface area (Å²) in [4.78, 5) is 60.4. The second-order valence-corrected chi connectivity index (χ2v) is 12.6. The molecule has 0 aromatic rings. The molecule has 0 unspecified atom stereocenters. The molecule has 48 heavy (non-hydrogen) atoms. The molecule has 5 atom stereocenters. The number of hydroxylamine groups is 2. The first-order chi connectivity index (χ1) is 23.0. The quantitative estimate of drug-likeness (QED) is 0.0981. The van der Waals surface area contributed by atoms with Crippen molar-refractivity contribution in [3.05, 3.63) is 24.8 Å². The fourth-order valence-corrected chi connectivity index (χ4v) is 5.93. The third kappa shape index (κ3) is 13.9. The van der Waals surface area contributed by atoms with Crippen molar-refractivity contribution in [2.45, 2.75) is 130 Å². The summed E-state index contributed by atoms with van der Waals surface area (Å²) in [7, 11) is 0. The van der Waals surface area contributed by atoms with E-state index in [4.69, 9.17) is 28.5 Å². The minimum absolute atomic E-state index is 0.320. The Morgan fingerprint density at radius 1 is 0.604 bits per heavy atom. The van der Waals surface area contributed by atoms with Crippen molar-refractivity contribution in [3.8, 4) is 0 Å². The van der Waals surface area contributed by atoms with Crippen molar-refractivity contribution in [2.75, 3.05) is 39.6 Å². The van der Waals surface area contributed by atoms with E-state index in [0.717, 1.165) is 26.3 Å². The Morgan fingerprint density at radius 2 is 1.10 bits per heavy atom. The number of nitrogens with zero attached hydrogens (tertiary/aromatic N) is 4. The zero-order chi connectivity index (χ0) is 34.9. The topological polar surface area (TPSA) is 137 Å². The first-order valence-electron chi connectivity index (χ1n) is 17.4. The molecular formula is C34H56N4O10. The lowest BCUT2D eigenvalue weighted by Crippen LogP contribution is -2.63. The molecule has 3 aliphatic rings. The van der Waals surface area contributed by atoms with E-state index in [1.165, 1.54) is 97.0 Å². The average Bonchev–Trinajstić information content (AvgIpc) is 3.67. The number of carbonyl (C=O) groups is 4. The van der Waals surface area contributed by atoms with E-state index in [1.54, 1.807) is 6.20 Å². The highest BCUT2D eigenvalue weighted by Crippen LogP contribution is 2.31. The van der Waals surface area contributed by atoms with Crippen LogP contribution in [0.3, 0.4) is 0 Å². The highest BCUT2D eigenvalue weighted by atomic mass is 16.8. The van der Waals surface area contributed by atoms with E-state index in [-0.39, 0.29) is 6.61 Å². The number of hydrogen-bond acceptors (Lipinski definition) is 14. The largest absolute Gasteiger partial charge is 0.463 e. The first kappa shape index (κ1) is 38.9. The lowest BCUT2D eigenvalue weighted by molar-refractivity contribution is -0.354. The van der Waals surface area contributed by atoms with Crippen molar-refractivity contribution in [3.63, 3.8) is 0 Å². The van der Waals surface area contributed by atoms with Crippen LogP contribution in [0.4, 0.5) is 0 Å². The molecule has 0 radical (unpaired) electrons. The van der Waals surface area contributed by atoms with Gasteiger partial charge in [0, 0.05) is 72.1 Å². The van der Waals surface area contributed by atoms with Gasteiger partial charge in [-0.3, -0.25) is 19.2 Å². The normalized spacial score (nSPS) is 23.5. The fraction of sp³-hybridized carbons (Fsp3) is 0.765. The molecule has 0 saturated carbocycles. The Balaban J connectivity index is 1.46. The molecule has 1 saturated heterocycles. The van der Waals surface area contributed by atoms with Gasteiger partial charge in [-0.25, -0.2) is 9.90 Å². The lowest BCUT2D eigenvalue weighted by Gasteiger charge is -2.44. The molecular weight excluding hydrogens is 624 g/mol. The molecule has 0 aliphatic carbocycles. The number of rotatable bonds is 21. The smallest absolute Gasteiger partial charge is 0.303 e. The summed E-state index contributed by atoms with van der Waals surface area (Å²) in [5, 5.41) is 1.51.